The molecule has 0 aliphatic heterocycles. The second-order valence-electron chi connectivity index (χ2n) is 4.13. The van der Waals surface area contributed by atoms with Gasteiger partial charge in [0.05, 0.1) is 6.10 Å². The summed E-state index contributed by atoms with van der Waals surface area (Å²) in [7, 11) is 0. The van der Waals surface area contributed by atoms with Crippen molar-refractivity contribution in [3.63, 3.8) is 0 Å². The van der Waals surface area contributed by atoms with Gasteiger partial charge in [0.25, 0.3) is 5.91 Å². The molecule has 1 rings (SSSR count). The van der Waals surface area contributed by atoms with Gasteiger partial charge in [-0.05, 0) is 25.5 Å². The van der Waals surface area contributed by atoms with Gasteiger partial charge in [-0.2, -0.15) is 13.2 Å². The molecule has 0 fully saturated rings. The Morgan fingerprint density at radius 2 is 2.11 bits per heavy atom. The summed E-state index contributed by atoms with van der Waals surface area (Å²) in [6.07, 6.45) is -3.51. The van der Waals surface area contributed by atoms with Gasteiger partial charge in [-0.3, -0.25) is 4.79 Å². The average molecular weight is 276 g/mol. The Bertz CT molecular complexity index is 461. The minimum atomic E-state index is -4.59. The van der Waals surface area contributed by atoms with Crippen LogP contribution in [0, 0.1) is 0 Å². The molecule has 7 heteroatoms. The molecule has 0 aliphatic carbocycles. The Hall–Kier alpha value is -1.79. The Morgan fingerprint density at radius 3 is 2.58 bits per heavy atom. The van der Waals surface area contributed by atoms with E-state index >= 15 is 0 Å². The van der Waals surface area contributed by atoms with Crippen molar-refractivity contribution >= 4 is 5.91 Å². The van der Waals surface area contributed by atoms with Crippen molar-refractivity contribution in [1.82, 2.24) is 4.98 Å². The Morgan fingerprint density at radius 1 is 1.47 bits per heavy atom. The minimum absolute atomic E-state index is 0.157. The number of aromatic nitrogens is 1. The molecule has 2 N–H and O–H groups in total. The molecule has 0 bridgehead atoms. The maximum atomic E-state index is 12.6. The molecule has 0 aromatic carbocycles. The molecule has 19 heavy (non-hydrogen) atoms. The van der Waals surface area contributed by atoms with Gasteiger partial charge in [-0.1, -0.05) is 13.3 Å². The lowest BCUT2D eigenvalue weighted by molar-refractivity contribution is -0.141. The van der Waals surface area contributed by atoms with E-state index in [1.807, 2.05) is 6.92 Å². The predicted octanol–water partition coefficient (Wildman–Crippen LogP) is 2.77. The molecule has 0 radical (unpaired) electrons. The first kappa shape index (κ1) is 15.3. The molecular weight excluding hydrogens is 261 g/mol. The fourth-order valence-corrected chi connectivity index (χ4v) is 1.53. The Balaban J connectivity index is 3.12. The minimum Gasteiger partial charge on any atom is -0.474 e. The average Bonchev–Trinajstić information content (AvgIpc) is 2.27. The van der Waals surface area contributed by atoms with Crippen LogP contribution in [-0.2, 0) is 6.18 Å². The number of primary amides is 1. The third kappa shape index (κ3) is 4.11. The summed E-state index contributed by atoms with van der Waals surface area (Å²) >= 11 is 0. The highest BCUT2D eigenvalue weighted by Gasteiger charge is 2.33. The third-order valence-corrected chi connectivity index (χ3v) is 2.42. The van der Waals surface area contributed by atoms with Crippen LogP contribution in [0.4, 0.5) is 13.2 Å². The van der Waals surface area contributed by atoms with Crippen molar-refractivity contribution in [3.8, 4) is 5.88 Å². The Labute approximate surface area is 108 Å². The van der Waals surface area contributed by atoms with Gasteiger partial charge in [-0.15, -0.1) is 0 Å². The van der Waals surface area contributed by atoms with E-state index in [-0.39, 0.29) is 17.5 Å². The van der Waals surface area contributed by atoms with Crippen LogP contribution in [0.5, 0.6) is 5.88 Å². The molecule has 1 aromatic rings. The van der Waals surface area contributed by atoms with Gasteiger partial charge >= 0.3 is 6.18 Å². The first-order valence-electron chi connectivity index (χ1n) is 5.80. The fourth-order valence-electron chi connectivity index (χ4n) is 1.53. The van der Waals surface area contributed by atoms with E-state index in [1.54, 1.807) is 6.92 Å². The number of nitrogens with two attached hydrogens (primary N) is 1. The second-order valence-corrected chi connectivity index (χ2v) is 4.13. The number of rotatable bonds is 5. The molecule has 1 aromatic heterocycles. The monoisotopic (exact) mass is 276 g/mol. The summed E-state index contributed by atoms with van der Waals surface area (Å²) in [4.78, 5) is 14.5. The summed E-state index contributed by atoms with van der Waals surface area (Å²) < 4.78 is 42.9. The van der Waals surface area contributed by atoms with Gasteiger partial charge in [0.2, 0.25) is 5.88 Å². The molecule has 1 heterocycles. The maximum absolute atomic E-state index is 12.6. The summed E-state index contributed by atoms with van der Waals surface area (Å²) in [6.45, 7) is 3.60. The smallest absolute Gasteiger partial charge is 0.433 e. The number of halogens is 3. The van der Waals surface area contributed by atoms with Crippen LogP contribution < -0.4 is 10.5 Å². The number of hydrogen-bond donors (Lipinski definition) is 1. The molecule has 0 aliphatic rings. The first-order chi connectivity index (χ1) is 8.75. The predicted molar refractivity (Wildman–Crippen MR) is 62.8 cm³/mol. The van der Waals surface area contributed by atoms with Crippen molar-refractivity contribution in [2.24, 2.45) is 5.73 Å². The number of pyridine rings is 1. The highest BCUT2D eigenvalue weighted by atomic mass is 19.4. The molecule has 0 spiro atoms. The molecule has 1 atom stereocenters. The SMILES string of the molecule is CCCC(C)Oc1nc(C(F)(F)F)ccc1C(N)=O. The Kier molecular flexibility index (Phi) is 4.74. The topological polar surface area (TPSA) is 65.2 Å². The van der Waals surface area contributed by atoms with E-state index < -0.39 is 17.8 Å². The third-order valence-electron chi connectivity index (χ3n) is 2.42. The van der Waals surface area contributed by atoms with Gasteiger partial charge in [0.15, 0.2) is 0 Å². The van der Waals surface area contributed by atoms with Crippen LogP contribution in [0.25, 0.3) is 0 Å². The van der Waals surface area contributed by atoms with Crippen molar-refractivity contribution in [1.29, 1.82) is 0 Å². The van der Waals surface area contributed by atoms with Gasteiger partial charge in [0.1, 0.15) is 11.3 Å². The lowest BCUT2D eigenvalue weighted by Gasteiger charge is -2.16. The van der Waals surface area contributed by atoms with Gasteiger partial charge < -0.3 is 10.5 Å². The molecule has 1 amide bonds. The van der Waals surface area contributed by atoms with Crippen LogP contribution in [0.1, 0.15) is 42.7 Å². The number of ether oxygens (including phenoxy) is 1. The van der Waals surface area contributed by atoms with E-state index in [0.717, 1.165) is 12.5 Å². The largest absolute Gasteiger partial charge is 0.474 e. The van der Waals surface area contributed by atoms with E-state index in [2.05, 4.69) is 4.98 Å². The number of hydrogen-bond acceptors (Lipinski definition) is 3. The van der Waals surface area contributed by atoms with Crippen LogP contribution in [-0.4, -0.2) is 17.0 Å². The van der Waals surface area contributed by atoms with Crippen LogP contribution in [0.2, 0.25) is 0 Å². The van der Waals surface area contributed by atoms with Gasteiger partial charge in [0, 0.05) is 0 Å². The van der Waals surface area contributed by atoms with Crippen molar-refractivity contribution in [2.75, 3.05) is 0 Å². The molecule has 106 valence electrons. The standard InChI is InChI=1S/C12H15F3N2O2/c1-3-4-7(2)19-11-8(10(16)18)5-6-9(17-11)12(13,14)15/h5-7H,3-4H2,1-2H3,(H2,16,18). The zero-order valence-electron chi connectivity index (χ0n) is 10.6. The lowest BCUT2D eigenvalue weighted by atomic mass is 10.2. The molecule has 0 saturated heterocycles. The van der Waals surface area contributed by atoms with E-state index in [9.17, 15) is 18.0 Å². The second kappa shape index (κ2) is 5.90. The maximum Gasteiger partial charge on any atom is 0.433 e. The number of alkyl halides is 3. The molecule has 0 saturated carbocycles. The van der Waals surface area contributed by atoms with Crippen molar-refractivity contribution < 1.29 is 22.7 Å². The number of carbonyl (C=O) groups is 1. The zero-order valence-corrected chi connectivity index (χ0v) is 10.6. The van der Waals surface area contributed by atoms with E-state index in [0.29, 0.717) is 12.5 Å². The first-order valence-corrected chi connectivity index (χ1v) is 5.80. The summed E-state index contributed by atoms with van der Waals surface area (Å²) in [6, 6.07) is 1.68. The van der Waals surface area contributed by atoms with E-state index in [1.165, 1.54) is 0 Å². The quantitative estimate of drug-likeness (QED) is 0.899. The van der Waals surface area contributed by atoms with Gasteiger partial charge in [-0.25, -0.2) is 4.98 Å². The van der Waals surface area contributed by atoms with Crippen LogP contribution >= 0.6 is 0 Å². The van der Waals surface area contributed by atoms with Crippen LogP contribution in [0.15, 0.2) is 12.1 Å². The lowest BCUT2D eigenvalue weighted by Crippen LogP contribution is -2.20. The molecular formula is C12H15F3N2O2. The normalized spacial score (nSPS) is 13.1. The molecule has 4 nitrogen and oxygen atoms in total. The zero-order chi connectivity index (χ0) is 14.6. The van der Waals surface area contributed by atoms with Crippen molar-refractivity contribution in [2.45, 2.75) is 39.0 Å². The fraction of sp³-hybridized carbons (Fsp3) is 0.500. The highest BCUT2D eigenvalue weighted by molar-refractivity contribution is 5.95. The molecule has 1 unspecified atom stereocenters. The van der Waals surface area contributed by atoms with Crippen molar-refractivity contribution in [3.05, 3.63) is 23.4 Å². The van der Waals surface area contributed by atoms with Crippen LogP contribution in [0.3, 0.4) is 0 Å². The summed E-state index contributed by atoms with van der Waals surface area (Å²) in [5.74, 6) is -1.25. The number of amides is 1. The number of carbonyl (C=O) groups excluding carboxylic acids is 1. The highest BCUT2D eigenvalue weighted by Crippen LogP contribution is 2.30. The summed E-state index contributed by atoms with van der Waals surface area (Å²) in [5.41, 5.74) is 3.81. The van der Waals surface area contributed by atoms with E-state index in [4.69, 9.17) is 10.5 Å². The summed E-state index contributed by atoms with van der Waals surface area (Å²) in [5, 5.41) is 0. The number of nitrogens with zero attached hydrogens (tertiary/aromatic N) is 1.